The molecule has 1 fully saturated rings. The third-order valence-corrected chi connectivity index (χ3v) is 4.17. The molecule has 6 nitrogen and oxygen atoms in total. The molecule has 128 valence electrons. The first-order valence-electron chi connectivity index (χ1n) is 7.26. The van der Waals surface area contributed by atoms with E-state index in [1.165, 1.54) is 0 Å². The van der Waals surface area contributed by atoms with Gasteiger partial charge >= 0.3 is 0 Å². The molecule has 1 aliphatic heterocycles. The Hall–Kier alpha value is -0.820. The fourth-order valence-corrected chi connectivity index (χ4v) is 2.85. The van der Waals surface area contributed by atoms with E-state index in [-0.39, 0.29) is 30.7 Å². The zero-order valence-electron chi connectivity index (χ0n) is 13.2. The van der Waals surface area contributed by atoms with Crippen molar-refractivity contribution >= 4 is 30.7 Å². The van der Waals surface area contributed by atoms with Crippen LogP contribution in [0.4, 0.5) is 0 Å². The van der Waals surface area contributed by atoms with Gasteiger partial charge in [0.2, 0.25) is 5.91 Å². The first kappa shape index (κ1) is 21.2. The summed E-state index contributed by atoms with van der Waals surface area (Å²) in [6, 6.07) is 0.769. The number of nitrogens with one attached hydrogen (secondary N) is 1. The fourth-order valence-electron chi connectivity index (χ4n) is 2.85. The standard InChI is InChI=1S/C14H25N5O.2ClH/c1-18-10-11(9-17-18)5-6-16-14(20)7-12-3-4-13(8-15)19(12)2;;/h9-10,12-13H,3-8,15H2,1-2H3,(H,16,20);2*1H/t12-,13+;;/m0../s1. The lowest BCUT2D eigenvalue weighted by molar-refractivity contribution is -0.122. The van der Waals surface area contributed by atoms with Gasteiger partial charge in [0, 0.05) is 44.8 Å². The van der Waals surface area contributed by atoms with E-state index in [1.54, 1.807) is 4.68 Å². The normalized spacial score (nSPS) is 21.0. The zero-order chi connectivity index (χ0) is 14.5. The van der Waals surface area contributed by atoms with E-state index >= 15 is 0 Å². The van der Waals surface area contributed by atoms with E-state index in [1.807, 2.05) is 19.4 Å². The summed E-state index contributed by atoms with van der Waals surface area (Å²) in [6.45, 7) is 1.34. The molecule has 0 unspecified atom stereocenters. The fraction of sp³-hybridized carbons (Fsp3) is 0.714. The lowest BCUT2D eigenvalue weighted by atomic mass is 10.1. The molecular formula is C14H27Cl2N5O. The average Bonchev–Trinajstić information content (AvgIpc) is 2.97. The first-order chi connectivity index (χ1) is 9.60. The van der Waals surface area contributed by atoms with Gasteiger partial charge in [0.15, 0.2) is 0 Å². The average molecular weight is 352 g/mol. The second-order valence-corrected chi connectivity index (χ2v) is 5.61. The Labute approximate surface area is 144 Å². The lowest BCUT2D eigenvalue weighted by Gasteiger charge is -2.24. The molecule has 22 heavy (non-hydrogen) atoms. The summed E-state index contributed by atoms with van der Waals surface area (Å²) in [7, 11) is 3.96. The van der Waals surface area contributed by atoms with E-state index in [9.17, 15) is 4.79 Å². The Morgan fingerprint density at radius 3 is 2.59 bits per heavy atom. The van der Waals surface area contributed by atoms with Crippen LogP contribution in [0.1, 0.15) is 24.8 Å². The number of nitrogens with two attached hydrogens (primary N) is 1. The van der Waals surface area contributed by atoms with E-state index in [0.29, 0.717) is 31.6 Å². The molecule has 0 radical (unpaired) electrons. The minimum Gasteiger partial charge on any atom is -0.356 e. The van der Waals surface area contributed by atoms with E-state index < -0.39 is 0 Å². The highest BCUT2D eigenvalue weighted by Crippen LogP contribution is 2.23. The van der Waals surface area contributed by atoms with Crippen LogP contribution in [0.5, 0.6) is 0 Å². The Bertz CT molecular complexity index is 454. The van der Waals surface area contributed by atoms with E-state index in [4.69, 9.17) is 5.73 Å². The van der Waals surface area contributed by atoms with Crippen LogP contribution in [-0.2, 0) is 18.3 Å². The molecule has 2 heterocycles. The summed E-state index contributed by atoms with van der Waals surface area (Å²) in [5, 5.41) is 7.10. The van der Waals surface area contributed by atoms with Gasteiger partial charge in [-0.3, -0.25) is 14.4 Å². The minimum absolute atomic E-state index is 0. The highest BCUT2D eigenvalue weighted by Gasteiger charge is 2.30. The maximum Gasteiger partial charge on any atom is 0.221 e. The van der Waals surface area contributed by atoms with Crippen molar-refractivity contribution in [3.63, 3.8) is 0 Å². The van der Waals surface area contributed by atoms with Crippen LogP contribution in [0.15, 0.2) is 12.4 Å². The molecule has 2 atom stereocenters. The number of hydrogen-bond acceptors (Lipinski definition) is 4. The predicted molar refractivity (Wildman–Crippen MR) is 92.7 cm³/mol. The molecule has 1 aromatic rings. The molecule has 1 aliphatic rings. The van der Waals surface area contributed by atoms with Gasteiger partial charge in [-0.05, 0) is 31.9 Å². The highest BCUT2D eigenvalue weighted by atomic mass is 35.5. The van der Waals surface area contributed by atoms with Crippen molar-refractivity contribution in [2.24, 2.45) is 12.8 Å². The Morgan fingerprint density at radius 1 is 1.36 bits per heavy atom. The molecule has 2 rings (SSSR count). The van der Waals surface area contributed by atoms with Crippen LogP contribution < -0.4 is 11.1 Å². The zero-order valence-corrected chi connectivity index (χ0v) is 14.8. The number of likely N-dealkylation sites (tertiary alicyclic amines) is 1. The van der Waals surface area contributed by atoms with Gasteiger partial charge in [-0.1, -0.05) is 0 Å². The van der Waals surface area contributed by atoms with Crippen molar-refractivity contribution < 1.29 is 4.79 Å². The van der Waals surface area contributed by atoms with Crippen LogP contribution in [0.25, 0.3) is 0 Å². The summed E-state index contributed by atoms with van der Waals surface area (Å²) < 4.78 is 1.78. The monoisotopic (exact) mass is 351 g/mol. The molecule has 1 aromatic heterocycles. The van der Waals surface area contributed by atoms with E-state index in [2.05, 4.69) is 22.4 Å². The molecule has 0 bridgehead atoms. The van der Waals surface area contributed by atoms with Gasteiger partial charge in [0.1, 0.15) is 0 Å². The molecule has 1 saturated heterocycles. The number of rotatable bonds is 6. The quantitative estimate of drug-likeness (QED) is 0.792. The predicted octanol–water partition coefficient (Wildman–Crippen LogP) is 0.734. The highest BCUT2D eigenvalue weighted by molar-refractivity contribution is 5.85. The van der Waals surface area contributed by atoms with Crippen molar-refractivity contribution in [1.29, 1.82) is 0 Å². The van der Waals surface area contributed by atoms with Crippen LogP contribution >= 0.6 is 24.8 Å². The Morgan fingerprint density at radius 2 is 2.05 bits per heavy atom. The van der Waals surface area contributed by atoms with E-state index in [0.717, 1.165) is 24.8 Å². The number of hydrogen-bond donors (Lipinski definition) is 2. The van der Waals surface area contributed by atoms with Crippen molar-refractivity contribution in [3.05, 3.63) is 18.0 Å². The van der Waals surface area contributed by atoms with Crippen molar-refractivity contribution in [2.75, 3.05) is 20.1 Å². The summed E-state index contributed by atoms with van der Waals surface area (Å²) in [5.41, 5.74) is 6.86. The summed E-state index contributed by atoms with van der Waals surface area (Å²) in [5.74, 6) is 0.128. The van der Waals surface area contributed by atoms with Crippen LogP contribution in [0.2, 0.25) is 0 Å². The largest absolute Gasteiger partial charge is 0.356 e. The Balaban J connectivity index is 0.00000220. The second kappa shape index (κ2) is 10.0. The summed E-state index contributed by atoms with van der Waals surface area (Å²) in [4.78, 5) is 14.2. The van der Waals surface area contributed by atoms with Gasteiger partial charge in [-0.2, -0.15) is 5.10 Å². The Kier molecular flexibility index (Phi) is 9.67. The first-order valence-corrected chi connectivity index (χ1v) is 7.26. The third kappa shape index (κ3) is 5.76. The maximum absolute atomic E-state index is 11.9. The minimum atomic E-state index is 0. The SMILES string of the molecule is CN1[C@@H](CN)CC[C@H]1CC(=O)NCCc1cnn(C)c1.Cl.Cl. The third-order valence-electron chi connectivity index (χ3n) is 4.17. The molecule has 0 spiro atoms. The van der Waals surface area contributed by atoms with Crippen LogP contribution in [-0.4, -0.2) is 52.8 Å². The van der Waals surface area contributed by atoms with Crippen molar-refractivity contribution in [2.45, 2.75) is 37.8 Å². The number of carbonyl (C=O) groups is 1. The molecule has 1 amide bonds. The van der Waals surface area contributed by atoms with Gasteiger partial charge in [0.05, 0.1) is 6.20 Å². The summed E-state index contributed by atoms with van der Waals surface area (Å²) in [6.07, 6.45) is 7.37. The van der Waals surface area contributed by atoms with Crippen LogP contribution in [0.3, 0.4) is 0 Å². The topological polar surface area (TPSA) is 76.2 Å². The van der Waals surface area contributed by atoms with Gasteiger partial charge < -0.3 is 11.1 Å². The number of likely N-dealkylation sites (N-methyl/N-ethyl adjacent to an activating group) is 1. The number of amides is 1. The van der Waals surface area contributed by atoms with Gasteiger partial charge in [-0.15, -0.1) is 24.8 Å². The second-order valence-electron chi connectivity index (χ2n) is 5.61. The molecule has 8 heteroatoms. The summed E-state index contributed by atoms with van der Waals surface area (Å²) >= 11 is 0. The van der Waals surface area contributed by atoms with Crippen molar-refractivity contribution in [1.82, 2.24) is 20.0 Å². The molecule has 0 aliphatic carbocycles. The van der Waals surface area contributed by atoms with Gasteiger partial charge in [0.25, 0.3) is 0 Å². The number of halogens is 2. The lowest BCUT2D eigenvalue weighted by Crippen LogP contribution is -2.39. The number of carbonyl (C=O) groups excluding carboxylic acids is 1. The van der Waals surface area contributed by atoms with Crippen LogP contribution in [0, 0.1) is 0 Å². The molecule has 0 aromatic carbocycles. The maximum atomic E-state index is 11.9. The smallest absolute Gasteiger partial charge is 0.221 e. The van der Waals surface area contributed by atoms with Crippen molar-refractivity contribution in [3.8, 4) is 0 Å². The molecular weight excluding hydrogens is 325 g/mol. The molecule has 0 saturated carbocycles. The molecule has 3 N–H and O–H groups in total. The number of aromatic nitrogens is 2. The number of nitrogens with zero attached hydrogens (tertiary/aromatic N) is 3. The number of aryl methyl sites for hydroxylation is 1. The van der Waals surface area contributed by atoms with Gasteiger partial charge in [-0.25, -0.2) is 0 Å².